The van der Waals surface area contributed by atoms with Crippen LogP contribution in [0.4, 0.5) is 4.79 Å². The third kappa shape index (κ3) is 6.34. The first-order valence-electron chi connectivity index (χ1n) is 11.7. The largest absolute Gasteiger partial charge is 0.478 e. The quantitative estimate of drug-likeness (QED) is 0.438. The smallest absolute Gasteiger partial charge is 0.410 e. The molecule has 10 nitrogen and oxygen atoms in total. The van der Waals surface area contributed by atoms with E-state index in [4.69, 9.17) is 14.2 Å². The molecule has 0 bridgehead atoms. The number of carboxylic acids is 1. The van der Waals surface area contributed by atoms with Crippen LogP contribution in [0.25, 0.3) is 11.0 Å². The van der Waals surface area contributed by atoms with Crippen LogP contribution in [0.5, 0.6) is 0 Å². The highest BCUT2D eigenvalue weighted by molar-refractivity contribution is 5.95. The van der Waals surface area contributed by atoms with Crippen molar-refractivity contribution in [3.63, 3.8) is 0 Å². The number of hydrogen-bond acceptors (Lipinski definition) is 7. The maximum Gasteiger partial charge on any atom is 0.410 e. The summed E-state index contributed by atoms with van der Waals surface area (Å²) in [4.78, 5) is 25.3. The Labute approximate surface area is 203 Å². The fraction of sp³-hybridized carbons (Fsp3) is 0.440. The van der Waals surface area contributed by atoms with Crippen molar-refractivity contribution in [2.45, 2.75) is 39.0 Å². The number of carbonyl (C=O) groups is 2. The van der Waals surface area contributed by atoms with Crippen LogP contribution in [-0.2, 0) is 27.4 Å². The van der Waals surface area contributed by atoms with Crippen LogP contribution in [0.3, 0.4) is 0 Å². The lowest BCUT2D eigenvalue weighted by molar-refractivity contribution is -0.0234. The number of fused-ring (bicyclic) bond motifs is 1. The predicted octanol–water partition coefficient (Wildman–Crippen LogP) is 3.27. The molecular formula is C25H30N4O6. The molecule has 0 atom stereocenters. The van der Waals surface area contributed by atoms with Gasteiger partial charge in [0.1, 0.15) is 12.1 Å². The van der Waals surface area contributed by atoms with E-state index in [2.05, 4.69) is 10.3 Å². The van der Waals surface area contributed by atoms with Crippen LogP contribution in [0.2, 0.25) is 0 Å². The number of amides is 1. The van der Waals surface area contributed by atoms with Gasteiger partial charge < -0.3 is 24.2 Å². The number of likely N-dealkylation sites (tertiary alicyclic amines) is 1. The minimum atomic E-state index is -0.976. The van der Waals surface area contributed by atoms with E-state index < -0.39 is 5.97 Å². The molecular weight excluding hydrogens is 452 g/mol. The molecule has 2 heterocycles. The molecule has 10 heteroatoms. The summed E-state index contributed by atoms with van der Waals surface area (Å²) in [6, 6.07) is 12.9. The maximum atomic E-state index is 12.3. The Morgan fingerprint density at radius 2 is 1.83 bits per heavy atom. The molecule has 1 N–H and O–H groups in total. The summed E-state index contributed by atoms with van der Waals surface area (Å²) in [5.74, 6) is -0.976. The molecule has 0 saturated carbocycles. The fourth-order valence-electron chi connectivity index (χ4n) is 4.11. The van der Waals surface area contributed by atoms with Gasteiger partial charge in [-0.2, -0.15) is 0 Å². The summed E-state index contributed by atoms with van der Waals surface area (Å²) in [5.41, 5.74) is 3.17. The van der Waals surface area contributed by atoms with Crippen LogP contribution in [0, 0.1) is 6.92 Å². The van der Waals surface area contributed by atoms with Crippen LogP contribution in [0.15, 0.2) is 42.5 Å². The monoisotopic (exact) mass is 482 g/mol. The zero-order valence-corrected chi connectivity index (χ0v) is 19.8. The Morgan fingerprint density at radius 1 is 1.06 bits per heavy atom. The molecule has 1 aliphatic rings. The van der Waals surface area contributed by atoms with Gasteiger partial charge in [0, 0.05) is 13.1 Å². The van der Waals surface area contributed by atoms with Gasteiger partial charge in [-0.15, -0.1) is 5.10 Å². The van der Waals surface area contributed by atoms with Crippen molar-refractivity contribution in [3.05, 3.63) is 59.2 Å². The summed E-state index contributed by atoms with van der Waals surface area (Å²) in [7, 11) is 0. The van der Waals surface area contributed by atoms with Gasteiger partial charge in [0.05, 0.1) is 43.5 Å². The van der Waals surface area contributed by atoms with E-state index in [0.717, 1.165) is 23.9 Å². The molecule has 1 fully saturated rings. The maximum absolute atomic E-state index is 12.3. The molecule has 186 valence electrons. The molecule has 1 aliphatic heterocycles. The third-order valence-electron chi connectivity index (χ3n) is 6.10. The van der Waals surface area contributed by atoms with Crippen molar-refractivity contribution < 1.29 is 28.9 Å². The number of hydrogen-bond donors (Lipinski definition) is 1. The number of piperidine rings is 1. The molecule has 0 spiro atoms. The second kappa shape index (κ2) is 11.8. The van der Waals surface area contributed by atoms with Crippen LogP contribution in [0.1, 0.15) is 34.3 Å². The fourth-order valence-corrected chi connectivity index (χ4v) is 4.11. The molecule has 0 aliphatic carbocycles. The van der Waals surface area contributed by atoms with Gasteiger partial charge >= 0.3 is 12.1 Å². The van der Waals surface area contributed by atoms with Crippen LogP contribution in [-0.4, -0.2) is 76.1 Å². The van der Waals surface area contributed by atoms with Gasteiger partial charge in [0.15, 0.2) is 0 Å². The SMILES string of the molecule is Cc1c(C(=O)O)ccc2c1nnn2CCOCCOC1CCN(C(=O)OCc2ccccc2)CC1. The summed E-state index contributed by atoms with van der Waals surface area (Å²) in [6.07, 6.45) is 1.35. The molecule has 0 unspecified atom stereocenters. The Kier molecular flexibility index (Phi) is 8.27. The predicted molar refractivity (Wildman–Crippen MR) is 127 cm³/mol. The highest BCUT2D eigenvalue weighted by atomic mass is 16.6. The van der Waals surface area contributed by atoms with Gasteiger partial charge in [-0.1, -0.05) is 35.5 Å². The highest BCUT2D eigenvalue weighted by Gasteiger charge is 2.24. The Hall–Kier alpha value is -3.50. The summed E-state index contributed by atoms with van der Waals surface area (Å²) in [6.45, 7) is 5.11. The lowest BCUT2D eigenvalue weighted by Gasteiger charge is -2.31. The number of aromatic carboxylic acids is 1. The molecule has 1 aromatic heterocycles. The topological polar surface area (TPSA) is 116 Å². The Bertz CT molecular complexity index is 1140. The normalized spacial score (nSPS) is 14.4. The molecule has 35 heavy (non-hydrogen) atoms. The average molecular weight is 483 g/mol. The third-order valence-corrected chi connectivity index (χ3v) is 6.10. The molecule has 0 radical (unpaired) electrons. The van der Waals surface area contributed by atoms with E-state index in [9.17, 15) is 14.7 Å². The zero-order chi connectivity index (χ0) is 24.6. The average Bonchev–Trinajstić information content (AvgIpc) is 3.29. The summed E-state index contributed by atoms with van der Waals surface area (Å²) < 4.78 is 18.7. The van der Waals surface area contributed by atoms with Crippen LogP contribution >= 0.6 is 0 Å². The first-order chi connectivity index (χ1) is 17.0. The molecule has 3 aromatic rings. The van der Waals surface area contributed by atoms with E-state index in [-0.39, 0.29) is 24.4 Å². The van der Waals surface area contributed by atoms with Crippen molar-refractivity contribution in [3.8, 4) is 0 Å². The van der Waals surface area contributed by atoms with Gasteiger partial charge in [-0.25, -0.2) is 14.3 Å². The molecule has 4 rings (SSSR count). The van der Waals surface area contributed by atoms with E-state index in [1.54, 1.807) is 28.6 Å². The van der Waals surface area contributed by atoms with Crippen LogP contribution < -0.4 is 0 Å². The molecule has 1 saturated heterocycles. The van der Waals surface area contributed by atoms with Gasteiger partial charge in [-0.05, 0) is 43.0 Å². The second-order valence-electron chi connectivity index (χ2n) is 8.43. The lowest BCUT2D eigenvalue weighted by atomic mass is 10.1. The molecule has 1 amide bonds. The van der Waals surface area contributed by atoms with Crippen molar-refractivity contribution in [1.29, 1.82) is 0 Å². The molecule has 2 aromatic carbocycles. The first kappa shape index (κ1) is 24.6. The first-order valence-corrected chi connectivity index (χ1v) is 11.7. The van der Waals surface area contributed by atoms with Gasteiger partial charge in [0.25, 0.3) is 0 Å². The number of carbonyl (C=O) groups excluding carboxylic acids is 1. The van der Waals surface area contributed by atoms with Crippen molar-refractivity contribution >= 4 is 23.1 Å². The number of rotatable bonds is 10. The summed E-state index contributed by atoms with van der Waals surface area (Å²) in [5, 5.41) is 17.5. The minimum Gasteiger partial charge on any atom is -0.478 e. The van der Waals surface area contributed by atoms with Crippen molar-refractivity contribution in [1.82, 2.24) is 19.9 Å². The number of aromatic nitrogens is 3. The van der Waals surface area contributed by atoms with E-state index >= 15 is 0 Å². The summed E-state index contributed by atoms with van der Waals surface area (Å²) >= 11 is 0. The number of aryl methyl sites for hydroxylation is 1. The van der Waals surface area contributed by atoms with E-state index in [1.807, 2.05) is 30.3 Å². The Morgan fingerprint density at radius 3 is 2.57 bits per heavy atom. The number of nitrogens with zero attached hydrogens (tertiary/aromatic N) is 4. The second-order valence-corrected chi connectivity index (χ2v) is 8.43. The van der Waals surface area contributed by atoms with Gasteiger partial charge in [0.2, 0.25) is 0 Å². The van der Waals surface area contributed by atoms with Crippen molar-refractivity contribution in [2.24, 2.45) is 0 Å². The van der Waals surface area contributed by atoms with E-state index in [0.29, 0.717) is 50.5 Å². The number of ether oxygens (including phenoxy) is 3. The number of carboxylic acid groups (broad SMARTS) is 1. The van der Waals surface area contributed by atoms with Crippen molar-refractivity contribution in [2.75, 3.05) is 32.9 Å². The number of benzene rings is 2. The Balaban J connectivity index is 1.10. The highest BCUT2D eigenvalue weighted by Crippen LogP contribution is 2.20. The van der Waals surface area contributed by atoms with E-state index in [1.165, 1.54) is 0 Å². The zero-order valence-electron chi connectivity index (χ0n) is 19.8. The standard InChI is InChI=1S/C25H30N4O6/c1-18-21(24(30)31)7-8-22-23(18)26-27-29(22)13-14-33-15-16-34-20-9-11-28(12-10-20)25(32)35-17-19-5-3-2-4-6-19/h2-8,20H,9-17H2,1H3,(H,30,31). The minimum absolute atomic E-state index is 0.0995. The lowest BCUT2D eigenvalue weighted by Crippen LogP contribution is -2.41. The van der Waals surface area contributed by atoms with Gasteiger partial charge in [-0.3, -0.25) is 0 Å².